The minimum Gasteiger partial charge on any atom is -0.0853 e. The highest BCUT2D eigenvalue weighted by atomic mass is 79.9. The van der Waals surface area contributed by atoms with Crippen molar-refractivity contribution in [2.75, 3.05) is 0 Å². The quantitative estimate of drug-likeness (QED) is 0.555. The number of rotatable bonds is 0. The molecule has 0 aromatic heterocycles. The van der Waals surface area contributed by atoms with E-state index in [4.69, 9.17) is 0 Å². The molecule has 2 atom stereocenters. The van der Waals surface area contributed by atoms with E-state index in [1.165, 1.54) is 32.1 Å². The lowest BCUT2D eigenvalue weighted by Crippen LogP contribution is -2.51. The molecule has 12 heavy (non-hydrogen) atoms. The Bertz CT molecular complexity index is 187. The Kier molecular flexibility index (Phi) is 1.38. The summed E-state index contributed by atoms with van der Waals surface area (Å²) in [6.07, 6.45) is 8.99. The SMILES string of the molecule is CC12C[C@@H]3C[C@@H](C1)CC(Br)(C3)C2. The zero-order chi connectivity index (χ0) is 8.40. The van der Waals surface area contributed by atoms with Crippen LogP contribution in [0.15, 0.2) is 0 Å². The Balaban J connectivity index is 1.98. The zero-order valence-electron chi connectivity index (χ0n) is 7.78. The van der Waals surface area contributed by atoms with Gasteiger partial charge in [-0.1, -0.05) is 22.9 Å². The monoisotopic (exact) mass is 228 g/mol. The molecule has 0 aliphatic heterocycles. The summed E-state index contributed by atoms with van der Waals surface area (Å²) in [6.45, 7) is 2.51. The third-order valence-corrected chi connectivity index (χ3v) is 5.21. The summed E-state index contributed by atoms with van der Waals surface area (Å²) in [5.41, 5.74) is 0.716. The fraction of sp³-hybridized carbons (Fsp3) is 1.00. The molecule has 4 aliphatic carbocycles. The minimum atomic E-state index is 0.575. The zero-order valence-corrected chi connectivity index (χ0v) is 9.36. The van der Waals surface area contributed by atoms with Crippen molar-refractivity contribution < 1.29 is 0 Å². The Hall–Kier alpha value is 0.480. The predicted molar refractivity (Wildman–Crippen MR) is 54.4 cm³/mol. The molecule has 0 saturated heterocycles. The van der Waals surface area contributed by atoms with Gasteiger partial charge in [0.05, 0.1) is 0 Å². The molecule has 0 amide bonds. The lowest BCUT2D eigenvalue weighted by Gasteiger charge is -2.59. The highest BCUT2D eigenvalue weighted by Crippen LogP contribution is 2.64. The van der Waals surface area contributed by atoms with Crippen molar-refractivity contribution in [1.29, 1.82) is 0 Å². The second kappa shape index (κ2) is 2.10. The molecule has 0 N–H and O–H groups in total. The first-order chi connectivity index (χ1) is 5.57. The van der Waals surface area contributed by atoms with E-state index >= 15 is 0 Å². The summed E-state index contributed by atoms with van der Waals surface area (Å²) < 4.78 is 0.575. The second-order valence-electron chi connectivity index (χ2n) is 5.92. The molecule has 4 rings (SSSR count). The number of alkyl halides is 1. The van der Waals surface area contributed by atoms with Gasteiger partial charge in [-0.05, 0) is 55.8 Å². The molecule has 1 heteroatoms. The summed E-state index contributed by atoms with van der Waals surface area (Å²) >= 11 is 3.99. The molecule has 0 aromatic rings. The summed E-state index contributed by atoms with van der Waals surface area (Å²) in [5.74, 6) is 2.13. The second-order valence-corrected chi connectivity index (χ2v) is 7.60. The van der Waals surface area contributed by atoms with Gasteiger partial charge in [-0.15, -0.1) is 0 Å². The van der Waals surface area contributed by atoms with E-state index in [9.17, 15) is 0 Å². The van der Waals surface area contributed by atoms with E-state index in [2.05, 4.69) is 22.9 Å². The summed E-state index contributed by atoms with van der Waals surface area (Å²) in [7, 11) is 0. The fourth-order valence-corrected chi connectivity index (χ4v) is 6.19. The first-order valence-electron chi connectivity index (χ1n) is 5.26. The van der Waals surface area contributed by atoms with Crippen LogP contribution in [0.3, 0.4) is 0 Å². The van der Waals surface area contributed by atoms with Gasteiger partial charge >= 0.3 is 0 Å². The van der Waals surface area contributed by atoms with Crippen molar-refractivity contribution in [3.05, 3.63) is 0 Å². The van der Waals surface area contributed by atoms with Crippen LogP contribution in [0.25, 0.3) is 0 Å². The molecule has 4 saturated carbocycles. The van der Waals surface area contributed by atoms with Gasteiger partial charge in [-0.3, -0.25) is 0 Å². The smallest absolute Gasteiger partial charge is 0.0268 e. The van der Waals surface area contributed by atoms with Crippen LogP contribution in [0.4, 0.5) is 0 Å². The highest BCUT2D eigenvalue weighted by Gasteiger charge is 2.54. The summed E-state index contributed by atoms with van der Waals surface area (Å²) in [5, 5.41) is 0. The normalized spacial score (nSPS) is 62.5. The van der Waals surface area contributed by atoms with E-state index in [1.54, 1.807) is 6.42 Å². The van der Waals surface area contributed by atoms with Crippen molar-refractivity contribution in [3.8, 4) is 0 Å². The van der Waals surface area contributed by atoms with Gasteiger partial charge in [0.15, 0.2) is 0 Å². The van der Waals surface area contributed by atoms with Crippen LogP contribution in [0.1, 0.15) is 45.4 Å². The van der Waals surface area contributed by atoms with E-state index in [1.807, 2.05) is 0 Å². The molecule has 4 aliphatic rings. The van der Waals surface area contributed by atoms with Crippen LogP contribution in [-0.4, -0.2) is 4.32 Å². The third kappa shape index (κ3) is 1.01. The average Bonchev–Trinajstić information content (AvgIpc) is 1.75. The van der Waals surface area contributed by atoms with Crippen molar-refractivity contribution in [3.63, 3.8) is 0 Å². The molecule has 0 aromatic carbocycles. The van der Waals surface area contributed by atoms with Crippen LogP contribution in [-0.2, 0) is 0 Å². The van der Waals surface area contributed by atoms with E-state index in [0.29, 0.717) is 9.74 Å². The molecule has 4 fully saturated rings. The molecule has 0 spiro atoms. The lowest BCUT2D eigenvalue weighted by atomic mass is 9.50. The minimum absolute atomic E-state index is 0.575. The van der Waals surface area contributed by atoms with Crippen LogP contribution in [0.2, 0.25) is 0 Å². The van der Waals surface area contributed by atoms with Gasteiger partial charge in [0, 0.05) is 4.32 Å². The number of hydrogen-bond acceptors (Lipinski definition) is 0. The van der Waals surface area contributed by atoms with Crippen molar-refractivity contribution >= 4 is 15.9 Å². The molecule has 0 heterocycles. The van der Waals surface area contributed by atoms with E-state index < -0.39 is 0 Å². The van der Waals surface area contributed by atoms with Crippen molar-refractivity contribution in [1.82, 2.24) is 0 Å². The van der Waals surface area contributed by atoms with Gasteiger partial charge < -0.3 is 0 Å². The van der Waals surface area contributed by atoms with Crippen LogP contribution in [0, 0.1) is 17.3 Å². The van der Waals surface area contributed by atoms with Crippen LogP contribution < -0.4 is 0 Å². The van der Waals surface area contributed by atoms with E-state index in [0.717, 1.165) is 11.8 Å². The Morgan fingerprint density at radius 1 is 1.08 bits per heavy atom. The predicted octanol–water partition coefficient (Wildman–Crippen LogP) is 3.74. The van der Waals surface area contributed by atoms with Gasteiger partial charge in [0.1, 0.15) is 0 Å². The van der Waals surface area contributed by atoms with Crippen LogP contribution in [0.5, 0.6) is 0 Å². The van der Waals surface area contributed by atoms with E-state index in [-0.39, 0.29) is 0 Å². The fourth-order valence-electron chi connectivity index (χ4n) is 4.60. The van der Waals surface area contributed by atoms with Crippen LogP contribution >= 0.6 is 15.9 Å². The van der Waals surface area contributed by atoms with Crippen molar-refractivity contribution in [2.45, 2.75) is 49.8 Å². The molecular formula is C11H17Br. The van der Waals surface area contributed by atoms with Gasteiger partial charge in [0.25, 0.3) is 0 Å². The first kappa shape index (κ1) is 7.84. The molecular weight excluding hydrogens is 212 g/mol. The van der Waals surface area contributed by atoms with Gasteiger partial charge in [0.2, 0.25) is 0 Å². The third-order valence-electron chi connectivity index (χ3n) is 4.28. The van der Waals surface area contributed by atoms with Gasteiger partial charge in [-0.2, -0.15) is 0 Å². The molecule has 4 bridgehead atoms. The summed E-state index contributed by atoms with van der Waals surface area (Å²) in [6, 6.07) is 0. The van der Waals surface area contributed by atoms with Gasteiger partial charge in [-0.25, -0.2) is 0 Å². The maximum atomic E-state index is 3.99. The summed E-state index contributed by atoms with van der Waals surface area (Å²) in [4.78, 5) is 0. The Morgan fingerprint density at radius 2 is 1.67 bits per heavy atom. The Morgan fingerprint density at radius 3 is 2.08 bits per heavy atom. The Labute approximate surface area is 83.2 Å². The maximum absolute atomic E-state index is 3.99. The standard InChI is InChI=1S/C11H17Br/c1-10-3-8-2-9(4-10)6-11(12,5-8)7-10/h8-9H,2-7H2,1H3/t8-,9-,10?,11?/m0/s1. The molecule has 0 nitrogen and oxygen atoms in total. The average molecular weight is 229 g/mol. The molecule has 0 radical (unpaired) electrons. The number of halogens is 1. The first-order valence-corrected chi connectivity index (χ1v) is 6.05. The largest absolute Gasteiger partial charge is 0.0853 e. The maximum Gasteiger partial charge on any atom is 0.0268 e. The highest BCUT2D eigenvalue weighted by molar-refractivity contribution is 9.10. The number of hydrogen-bond donors (Lipinski definition) is 0. The topological polar surface area (TPSA) is 0 Å². The molecule has 68 valence electrons. The lowest BCUT2D eigenvalue weighted by molar-refractivity contribution is -0.0227. The molecule has 0 unspecified atom stereocenters. The van der Waals surface area contributed by atoms with Crippen molar-refractivity contribution in [2.24, 2.45) is 17.3 Å².